The molecule has 152 valence electrons. The third-order valence-corrected chi connectivity index (χ3v) is 5.91. The van der Waals surface area contributed by atoms with Gasteiger partial charge in [-0.1, -0.05) is 36.2 Å². The summed E-state index contributed by atoms with van der Waals surface area (Å²) in [7, 11) is 0. The van der Waals surface area contributed by atoms with Gasteiger partial charge in [0.1, 0.15) is 6.04 Å². The van der Waals surface area contributed by atoms with Crippen LogP contribution in [0.1, 0.15) is 60.3 Å². The van der Waals surface area contributed by atoms with E-state index in [2.05, 4.69) is 42.5 Å². The maximum atomic E-state index is 13.1. The van der Waals surface area contributed by atoms with Gasteiger partial charge in [0.05, 0.1) is 5.69 Å². The van der Waals surface area contributed by atoms with E-state index in [4.69, 9.17) is 4.74 Å². The first-order valence-electron chi connectivity index (χ1n) is 10.3. The summed E-state index contributed by atoms with van der Waals surface area (Å²) in [4.78, 5) is 13.1. The molecule has 1 aliphatic rings. The fourth-order valence-electron chi connectivity index (χ4n) is 4.42. The summed E-state index contributed by atoms with van der Waals surface area (Å²) in [5.74, 6) is 0.0453. The van der Waals surface area contributed by atoms with Gasteiger partial charge in [-0.3, -0.25) is 9.48 Å². The smallest absolute Gasteiger partial charge is 0.244 e. The lowest BCUT2D eigenvalue weighted by Gasteiger charge is -2.38. The molecule has 1 N–H and O–H groups in total. The number of rotatable bonds is 6. The van der Waals surface area contributed by atoms with Crippen molar-refractivity contribution in [3.05, 3.63) is 52.3 Å². The van der Waals surface area contributed by atoms with Crippen LogP contribution < -0.4 is 5.32 Å². The van der Waals surface area contributed by atoms with E-state index in [0.29, 0.717) is 13.0 Å². The molecule has 1 aliphatic heterocycles. The Morgan fingerprint density at radius 3 is 2.32 bits per heavy atom. The lowest BCUT2D eigenvalue weighted by atomic mass is 9.73. The number of hydrogen-bond donors (Lipinski definition) is 1. The standard InChI is InChI=1S/C23H33N3O2/c1-6-21(26-19(5)14-18(4)25-26)22(27)24-15-23(7-9-28-10-8-23)20-12-16(2)11-17(3)13-20/h11-14,21H,6-10,15H2,1-5H3,(H,24,27)/t21-/m0/s1. The van der Waals surface area contributed by atoms with Crippen LogP contribution in [-0.2, 0) is 14.9 Å². The molecule has 1 fully saturated rings. The number of hydrogen-bond acceptors (Lipinski definition) is 3. The van der Waals surface area contributed by atoms with Crippen LogP contribution in [0.25, 0.3) is 0 Å². The first-order valence-corrected chi connectivity index (χ1v) is 10.3. The summed E-state index contributed by atoms with van der Waals surface area (Å²) in [6.45, 7) is 12.4. The summed E-state index contributed by atoms with van der Waals surface area (Å²) < 4.78 is 7.50. The van der Waals surface area contributed by atoms with E-state index in [-0.39, 0.29) is 17.4 Å². The van der Waals surface area contributed by atoms with Crippen LogP contribution >= 0.6 is 0 Å². The van der Waals surface area contributed by atoms with Crippen molar-refractivity contribution in [1.82, 2.24) is 15.1 Å². The molecule has 3 rings (SSSR count). The fraction of sp³-hybridized carbons (Fsp3) is 0.565. The van der Waals surface area contributed by atoms with Crippen LogP contribution in [0.4, 0.5) is 0 Å². The van der Waals surface area contributed by atoms with Crippen LogP contribution in [0.15, 0.2) is 24.3 Å². The normalized spacial score (nSPS) is 17.3. The summed E-state index contributed by atoms with van der Waals surface area (Å²) >= 11 is 0. The number of aryl methyl sites for hydroxylation is 4. The van der Waals surface area contributed by atoms with Crippen molar-refractivity contribution in [1.29, 1.82) is 0 Å². The SMILES string of the molecule is CC[C@@H](C(=O)NCC1(c2cc(C)cc(C)c2)CCOCC1)n1nc(C)cc1C. The van der Waals surface area contributed by atoms with Crippen LogP contribution in [0.5, 0.6) is 0 Å². The number of nitrogens with zero attached hydrogens (tertiary/aromatic N) is 2. The van der Waals surface area contributed by atoms with Gasteiger partial charge < -0.3 is 10.1 Å². The average Bonchev–Trinajstić information content (AvgIpc) is 2.98. The molecule has 0 aliphatic carbocycles. The van der Waals surface area contributed by atoms with Gasteiger partial charge >= 0.3 is 0 Å². The number of carbonyl (C=O) groups is 1. The molecule has 1 saturated heterocycles. The largest absolute Gasteiger partial charge is 0.381 e. The van der Waals surface area contributed by atoms with Crippen molar-refractivity contribution >= 4 is 5.91 Å². The van der Waals surface area contributed by atoms with Crippen LogP contribution in [0.2, 0.25) is 0 Å². The van der Waals surface area contributed by atoms with Gasteiger partial charge in [0, 0.05) is 30.9 Å². The van der Waals surface area contributed by atoms with Gasteiger partial charge in [-0.05, 0) is 58.6 Å². The summed E-state index contributed by atoms with van der Waals surface area (Å²) in [6.07, 6.45) is 2.56. The minimum Gasteiger partial charge on any atom is -0.381 e. The highest BCUT2D eigenvalue weighted by Gasteiger charge is 2.36. The molecule has 1 aromatic carbocycles. The van der Waals surface area contributed by atoms with Crippen molar-refractivity contribution in [2.45, 2.75) is 65.3 Å². The Hall–Kier alpha value is -2.14. The summed E-state index contributed by atoms with van der Waals surface area (Å²) in [5, 5.41) is 7.79. The highest BCUT2D eigenvalue weighted by Crippen LogP contribution is 2.35. The fourth-order valence-corrected chi connectivity index (χ4v) is 4.42. The number of amides is 1. The molecule has 1 aromatic heterocycles. The second kappa shape index (κ2) is 8.48. The van der Waals surface area contributed by atoms with E-state index >= 15 is 0 Å². The highest BCUT2D eigenvalue weighted by atomic mass is 16.5. The maximum absolute atomic E-state index is 13.1. The van der Waals surface area contributed by atoms with Crippen LogP contribution in [0, 0.1) is 27.7 Å². The maximum Gasteiger partial charge on any atom is 0.244 e. The monoisotopic (exact) mass is 383 g/mol. The molecule has 0 bridgehead atoms. The molecule has 28 heavy (non-hydrogen) atoms. The van der Waals surface area contributed by atoms with Gasteiger partial charge in [-0.15, -0.1) is 0 Å². The van der Waals surface area contributed by atoms with Gasteiger partial charge in [0.25, 0.3) is 0 Å². The number of benzene rings is 1. The number of aromatic nitrogens is 2. The molecule has 2 heterocycles. The minimum atomic E-state index is -0.273. The van der Waals surface area contributed by atoms with E-state index in [1.165, 1.54) is 16.7 Å². The Bertz CT molecular complexity index is 814. The quantitative estimate of drug-likeness (QED) is 0.822. The lowest BCUT2D eigenvalue weighted by molar-refractivity contribution is -0.125. The molecule has 2 aromatic rings. The van der Waals surface area contributed by atoms with Crippen molar-refractivity contribution in [2.24, 2.45) is 0 Å². The van der Waals surface area contributed by atoms with E-state index < -0.39 is 0 Å². The Morgan fingerprint density at radius 1 is 1.14 bits per heavy atom. The predicted molar refractivity (Wildman–Crippen MR) is 112 cm³/mol. The van der Waals surface area contributed by atoms with Crippen molar-refractivity contribution < 1.29 is 9.53 Å². The Balaban J connectivity index is 1.81. The Labute approximate surface area is 168 Å². The van der Waals surface area contributed by atoms with Crippen molar-refractivity contribution in [3.63, 3.8) is 0 Å². The molecule has 5 nitrogen and oxygen atoms in total. The predicted octanol–water partition coefficient (Wildman–Crippen LogP) is 3.93. The molecule has 5 heteroatoms. The lowest BCUT2D eigenvalue weighted by Crippen LogP contribution is -2.46. The summed E-state index contributed by atoms with van der Waals surface area (Å²) in [6, 6.07) is 8.48. The summed E-state index contributed by atoms with van der Waals surface area (Å²) in [5.41, 5.74) is 5.74. The third kappa shape index (κ3) is 4.30. The number of ether oxygens (including phenoxy) is 1. The molecule has 0 radical (unpaired) electrons. The highest BCUT2D eigenvalue weighted by molar-refractivity contribution is 5.80. The molecular weight excluding hydrogens is 350 g/mol. The first kappa shape index (κ1) is 20.6. The Kier molecular flexibility index (Phi) is 6.23. The Morgan fingerprint density at radius 2 is 1.79 bits per heavy atom. The van der Waals surface area contributed by atoms with Gasteiger partial charge in [-0.25, -0.2) is 0 Å². The molecule has 0 spiro atoms. The number of carbonyl (C=O) groups excluding carboxylic acids is 1. The van der Waals surface area contributed by atoms with Gasteiger partial charge in [0.2, 0.25) is 5.91 Å². The zero-order valence-corrected chi connectivity index (χ0v) is 17.8. The second-order valence-corrected chi connectivity index (χ2v) is 8.28. The zero-order chi connectivity index (χ0) is 20.3. The van der Waals surface area contributed by atoms with Gasteiger partial charge in [0.15, 0.2) is 0 Å². The average molecular weight is 384 g/mol. The first-order chi connectivity index (χ1) is 13.3. The van der Waals surface area contributed by atoms with Crippen molar-refractivity contribution in [3.8, 4) is 0 Å². The van der Waals surface area contributed by atoms with Crippen LogP contribution in [0.3, 0.4) is 0 Å². The number of nitrogens with one attached hydrogen (secondary N) is 1. The molecule has 0 unspecified atom stereocenters. The molecule has 0 saturated carbocycles. The van der Waals surface area contributed by atoms with E-state index in [1.54, 1.807) is 0 Å². The third-order valence-electron chi connectivity index (χ3n) is 5.91. The minimum absolute atomic E-state index is 0.0453. The van der Waals surface area contributed by atoms with E-state index in [1.807, 2.05) is 31.5 Å². The molecular formula is C23H33N3O2. The van der Waals surface area contributed by atoms with E-state index in [0.717, 1.165) is 37.4 Å². The van der Waals surface area contributed by atoms with E-state index in [9.17, 15) is 4.79 Å². The topological polar surface area (TPSA) is 56.1 Å². The molecule has 1 amide bonds. The van der Waals surface area contributed by atoms with Crippen molar-refractivity contribution in [2.75, 3.05) is 19.8 Å². The molecule has 1 atom stereocenters. The van der Waals surface area contributed by atoms with Crippen LogP contribution in [-0.4, -0.2) is 35.4 Å². The zero-order valence-electron chi connectivity index (χ0n) is 17.8. The van der Waals surface area contributed by atoms with Gasteiger partial charge in [-0.2, -0.15) is 5.10 Å². The second-order valence-electron chi connectivity index (χ2n) is 8.28.